The van der Waals surface area contributed by atoms with E-state index in [1.807, 2.05) is 0 Å². The van der Waals surface area contributed by atoms with E-state index in [0.717, 1.165) is 19.0 Å². The highest BCUT2D eigenvalue weighted by Crippen LogP contribution is 2.28. The average Bonchev–Trinajstić information content (AvgIpc) is 2.39. The molecule has 0 aromatic rings. The molecule has 1 aliphatic heterocycles. The molecule has 1 heterocycles. The largest absolute Gasteiger partial charge is 0.298 e. The molecule has 106 valence electrons. The van der Waals surface area contributed by atoms with Crippen LogP contribution in [0.25, 0.3) is 0 Å². The average molecular weight is 274 g/mol. The first kappa shape index (κ1) is 14.3. The van der Waals surface area contributed by atoms with Gasteiger partial charge in [-0.15, -0.1) is 0 Å². The van der Waals surface area contributed by atoms with Gasteiger partial charge in [-0.1, -0.05) is 19.8 Å². The number of hydrogen-bond donors (Lipinski definition) is 0. The summed E-state index contributed by atoms with van der Waals surface area (Å²) in [7, 11) is -2.98. The smallest absolute Gasteiger partial charge is 0.213 e. The summed E-state index contributed by atoms with van der Waals surface area (Å²) in [5, 5.41) is 0. The zero-order chi connectivity index (χ0) is 13.2. The van der Waals surface area contributed by atoms with Crippen LogP contribution in [0, 0.1) is 5.92 Å². The molecule has 0 spiro atoms. The zero-order valence-electron chi connectivity index (χ0n) is 11.6. The van der Waals surface area contributed by atoms with Gasteiger partial charge in [-0.05, 0) is 25.7 Å². The quantitative estimate of drug-likeness (QED) is 0.784. The van der Waals surface area contributed by atoms with Crippen LogP contribution in [0.2, 0.25) is 0 Å². The van der Waals surface area contributed by atoms with E-state index < -0.39 is 10.0 Å². The molecule has 0 bridgehead atoms. The van der Waals surface area contributed by atoms with Gasteiger partial charge < -0.3 is 0 Å². The van der Waals surface area contributed by atoms with E-state index in [1.54, 1.807) is 11.2 Å². The summed E-state index contributed by atoms with van der Waals surface area (Å²) >= 11 is 0. The van der Waals surface area contributed by atoms with Gasteiger partial charge in [0.25, 0.3) is 0 Å². The maximum absolute atomic E-state index is 11.8. The van der Waals surface area contributed by atoms with Crippen LogP contribution in [-0.2, 0) is 10.0 Å². The van der Waals surface area contributed by atoms with Crippen molar-refractivity contribution in [3.05, 3.63) is 0 Å². The molecule has 1 saturated heterocycles. The minimum Gasteiger partial charge on any atom is -0.298 e. The molecule has 0 N–H and O–H groups in total. The van der Waals surface area contributed by atoms with Gasteiger partial charge in [0, 0.05) is 32.2 Å². The minimum atomic E-state index is -2.98. The van der Waals surface area contributed by atoms with E-state index in [2.05, 4.69) is 11.8 Å². The second-order valence-electron chi connectivity index (χ2n) is 5.76. The molecule has 2 atom stereocenters. The maximum Gasteiger partial charge on any atom is 0.213 e. The molecular weight excluding hydrogens is 248 g/mol. The van der Waals surface area contributed by atoms with E-state index in [-0.39, 0.29) is 5.75 Å². The highest BCUT2D eigenvalue weighted by atomic mass is 32.2. The molecule has 0 aromatic carbocycles. The van der Waals surface area contributed by atoms with Crippen molar-refractivity contribution in [1.29, 1.82) is 0 Å². The third kappa shape index (κ3) is 3.25. The van der Waals surface area contributed by atoms with E-state index in [4.69, 9.17) is 0 Å². The van der Waals surface area contributed by atoms with Crippen molar-refractivity contribution in [1.82, 2.24) is 9.21 Å². The minimum absolute atomic E-state index is 0.230. The third-order valence-corrected chi connectivity index (χ3v) is 6.34. The van der Waals surface area contributed by atoms with E-state index in [1.165, 1.54) is 25.7 Å². The van der Waals surface area contributed by atoms with Crippen LogP contribution in [0.3, 0.4) is 0 Å². The standard InChI is InChI=1S/C13H26N2O2S/c1-3-18(16,17)15-9-7-14(8-10-15)13-6-4-5-12(2)11-13/h12-13H,3-11H2,1-2H3/t12-,13-/m1/s1. The Balaban J connectivity index is 1.86. The Bertz CT molecular complexity index is 361. The van der Waals surface area contributed by atoms with Crippen LogP contribution in [0.1, 0.15) is 39.5 Å². The summed E-state index contributed by atoms with van der Waals surface area (Å²) < 4.78 is 25.3. The van der Waals surface area contributed by atoms with Gasteiger partial charge in [0.05, 0.1) is 5.75 Å². The number of sulfonamides is 1. The molecule has 2 aliphatic rings. The second-order valence-corrected chi connectivity index (χ2v) is 8.02. The number of rotatable bonds is 3. The molecule has 1 aliphatic carbocycles. The lowest BCUT2D eigenvalue weighted by Gasteiger charge is -2.41. The fourth-order valence-corrected chi connectivity index (χ4v) is 4.35. The van der Waals surface area contributed by atoms with Gasteiger partial charge in [-0.25, -0.2) is 8.42 Å². The fraction of sp³-hybridized carbons (Fsp3) is 1.00. The van der Waals surface area contributed by atoms with Crippen LogP contribution in [0.15, 0.2) is 0 Å². The molecule has 18 heavy (non-hydrogen) atoms. The molecule has 0 unspecified atom stereocenters. The van der Waals surface area contributed by atoms with Crippen molar-refractivity contribution in [2.75, 3.05) is 31.9 Å². The first-order valence-electron chi connectivity index (χ1n) is 7.25. The van der Waals surface area contributed by atoms with Crippen molar-refractivity contribution < 1.29 is 8.42 Å². The van der Waals surface area contributed by atoms with Crippen molar-refractivity contribution in [3.63, 3.8) is 0 Å². The Morgan fingerprint density at radius 3 is 2.33 bits per heavy atom. The lowest BCUT2D eigenvalue weighted by Crippen LogP contribution is -2.52. The fourth-order valence-electron chi connectivity index (χ4n) is 3.26. The Labute approximate surface area is 111 Å². The zero-order valence-corrected chi connectivity index (χ0v) is 12.5. The van der Waals surface area contributed by atoms with E-state index in [0.29, 0.717) is 19.1 Å². The summed E-state index contributed by atoms with van der Waals surface area (Å²) in [6.45, 7) is 7.25. The third-order valence-electron chi connectivity index (χ3n) is 4.46. The summed E-state index contributed by atoms with van der Waals surface area (Å²) in [6.07, 6.45) is 5.28. The van der Waals surface area contributed by atoms with Crippen LogP contribution in [0.4, 0.5) is 0 Å². The Morgan fingerprint density at radius 2 is 1.78 bits per heavy atom. The van der Waals surface area contributed by atoms with E-state index in [9.17, 15) is 8.42 Å². The van der Waals surface area contributed by atoms with Gasteiger partial charge >= 0.3 is 0 Å². The van der Waals surface area contributed by atoms with Crippen LogP contribution in [-0.4, -0.2) is 55.6 Å². The molecular formula is C13H26N2O2S. The predicted octanol–water partition coefficient (Wildman–Crippen LogP) is 1.53. The molecule has 0 radical (unpaired) electrons. The second kappa shape index (κ2) is 5.88. The first-order valence-corrected chi connectivity index (χ1v) is 8.85. The molecule has 1 saturated carbocycles. The molecule has 2 rings (SSSR count). The lowest BCUT2D eigenvalue weighted by atomic mass is 9.86. The molecule has 2 fully saturated rings. The summed E-state index contributed by atoms with van der Waals surface area (Å²) in [4.78, 5) is 2.51. The number of nitrogens with zero attached hydrogens (tertiary/aromatic N) is 2. The first-order chi connectivity index (χ1) is 8.53. The Hall–Kier alpha value is -0.130. The number of hydrogen-bond acceptors (Lipinski definition) is 3. The molecule has 0 amide bonds. The molecule has 5 heteroatoms. The SMILES string of the molecule is CCS(=O)(=O)N1CCN([C@@H]2CCC[C@@H](C)C2)CC1. The maximum atomic E-state index is 11.8. The normalized spacial score (nSPS) is 32.6. The van der Waals surface area contributed by atoms with Crippen molar-refractivity contribution >= 4 is 10.0 Å². The van der Waals surface area contributed by atoms with E-state index >= 15 is 0 Å². The van der Waals surface area contributed by atoms with Gasteiger partial charge in [-0.2, -0.15) is 4.31 Å². The van der Waals surface area contributed by atoms with Gasteiger partial charge in [0.1, 0.15) is 0 Å². The van der Waals surface area contributed by atoms with Crippen LogP contribution < -0.4 is 0 Å². The van der Waals surface area contributed by atoms with Crippen molar-refractivity contribution in [2.24, 2.45) is 5.92 Å². The van der Waals surface area contributed by atoms with Gasteiger partial charge in [0.2, 0.25) is 10.0 Å². The van der Waals surface area contributed by atoms with Crippen molar-refractivity contribution in [2.45, 2.75) is 45.6 Å². The summed E-state index contributed by atoms with van der Waals surface area (Å²) in [5.41, 5.74) is 0. The highest BCUT2D eigenvalue weighted by Gasteiger charge is 2.30. The summed E-state index contributed by atoms with van der Waals surface area (Å²) in [5.74, 6) is 1.06. The Morgan fingerprint density at radius 1 is 1.11 bits per heavy atom. The Kier molecular flexibility index (Phi) is 4.67. The molecule has 4 nitrogen and oxygen atoms in total. The monoisotopic (exact) mass is 274 g/mol. The van der Waals surface area contributed by atoms with Crippen molar-refractivity contribution in [3.8, 4) is 0 Å². The number of piperazine rings is 1. The van der Waals surface area contributed by atoms with Gasteiger partial charge in [-0.3, -0.25) is 4.90 Å². The summed E-state index contributed by atoms with van der Waals surface area (Å²) in [6, 6.07) is 0.695. The topological polar surface area (TPSA) is 40.6 Å². The highest BCUT2D eigenvalue weighted by molar-refractivity contribution is 7.89. The molecule has 0 aromatic heterocycles. The van der Waals surface area contributed by atoms with Crippen LogP contribution in [0.5, 0.6) is 0 Å². The van der Waals surface area contributed by atoms with Gasteiger partial charge in [0.15, 0.2) is 0 Å². The lowest BCUT2D eigenvalue weighted by molar-refractivity contribution is 0.0967. The van der Waals surface area contributed by atoms with Crippen LogP contribution >= 0.6 is 0 Å². The predicted molar refractivity (Wildman–Crippen MR) is 74.0 cm³/mol.